The molecule has 7 nitrogen and oxygen atoms in total. The van der Waals surface area contributed by atoms with Gasteiger partial charge in [0.05, 0.1) is 6.20 Å². The van der Waals surface area contributed by atoms with Gasteiger partial charge in [-0.2, -0.15) is 0 Å². The van der Waals surface area contributed by atoms with Crippen molar-refractivity contribution in [3.05, 3.63) is 52.7 Å². The van der Waals surface area contributed by atoms with Crippen LogP contribution in [0.25, 0.3) is 5.65 Å². The Morgan fingerprint density at radius 1 is 1.39 bits per heavy atom. The molecular formula is C11H8N4O3. The number of aldehydes is 1. The second-order valence-corrected chi connectivity index (χ2v) is 3.67. The van der Waals surface area contributed by atoms with Gasteiger partial charge in [-0.15, -0.1) is 5.10 Å². The van der Waals surface area contributed by atoms with Crippen LogP contribution < -0.4 is 5.69 Å². The molecule has 18 heavy (non-hydrogen) atoms. The molecule has 3 aromatic rings. The van der Waals surface area contributed by atoms with Crippen LogP contribution in [0.5, 0.6) is 0 Å². The summed E-state index contributed by atoms with van der Waals surface area (Å²) in [4.78, 5) is 26.3. The molecule has 0 amide bonds. The monoisotopic (exact) mass is 244 g/mol. The molecule has 90 valence electrons. The first-order chi connectivity index (χ1) is 8.78. The minimum Gasteiger partial charge on any atom is -0.456 e. The molecule has 7 heteroatoms. The molecule has 0 spiro atoms. The van der Waals surface area contributed by atoms with Crippen LogP contribution >= 0.6 is 0 Å². The molecule has 0 fully saturated rings. The van der Waals surface area contributed by atoms with E-state index in [1.165, 1.54) is 21.5 Å². The predicted molar refractivity (Wildman–Crippen MR) is 60.4 cm³/mol. The number of carbonyl (C=O) groups is 1. The average molecular weight is 244 g/mol. The molecule has 3 rings (SSSR count). The topological polar surface area (TPSA) is 82.4 Å². The van der Waals surface area contributed by atoms with Crippen molar-refractivity contribution < 1.29 is 9.21 Å². The SMILES string of the molecule is O=Cc1ccc(Cn2nc3cnccn3c2=O)o1. The fraction of sp³-hybridized carbons (Fsp3) is 0.0909. The number of fused-ring (bicyclic) bond motifs is 1. The van der Waals surface area contributed by atoms with E-state index in [0.717, 1.165) is 0 Å². The van der Waals surface area contributed by atoms with E-state index in [4.69, 9.17) is 4.42 Å². The highest BCUT2D eigenvalue weighted by molar-refractivity contribution is 5.70. The van der Waals surface area contributed by atoms with Gasteiger partial charge in [-0.25, -0.2) is 13.9 Å². The summed E-state index contributed by atoms with van der Waals surface area (Å²) in [5, 5.41) is 4.10. The van der Waals surface area contributed by atoms with E-state index in [-0.39, 0.29) is 18.0 Å². The number of furan rings is 1. The fourth-order valence-electron chi connectivity index (χ4n) is 1.67. The summed E-state index contributed by atoms with van der Waals surface area (Å²) in [7, 11) is 0. The van der Waals surface area contributed by atoms with Gasteiger partial charge in [-0.05, 0) is 12.1 Å². The van der Waals surface area contributed by atoms with Gasteiger partial charge >= 0.3 is 5.69 Å². The number of carbonyl (C=O) groups excluding carboxylic acids is 1. The first kappa shape index (κ1) is 10.5. The minimum absolute atomic E-state index is 0.175. The van der Waals surface area contributed by atoms with Crippen LogP contribution in [0.2, 0.25) is 0 Å². The Labute approximate surface area is 100 Å². The second-order valence-electron chi connectivity index (χ2n) is 3.67. The number of hydrogen-bond acceptors (Lipinski definition) is 5. The molecule has 0 bridgehead atoms. The number of rotatable bonds is 3. The van der Waals surface area contributed by atoms with E-state index in [2.05, 4.69) is 10.1 Å². The van der Waals surface area contributed by atoms with Crippen LogP contribution in [0, 0.1) is 0 Å². The summed E-state index contributed by atoms with van der Waals surface area (Å²) in [6.07, 6.45) is 5.16. The van der Waals surface area contributed by atoms with Gasteiger partial charge in [0, 0.05) is 12.4 Å². The molecule has 3 heterocycles. The van der Waals surface area contributed by atoms with Gasteiger partial charge in [0.1, 0.15) is 12.3 Å². The summed E-state index contributed by atoms with van der Waals surface area (Å²) in [6.45, 7) is 0.175. The summed E-state index contributed by atoms with van der Waals surface area (Å²) in [5.74, 6) is 0.721. The van der Waals surface area contributed by atoms with Gasteiger partial charge in [0.15, 0.2) is 17.7 Å². The quantitative estimate of drug-likeness (QED) is 0.620. The number of aromatic nitrogens is 4. The summed E-state index contributed by atoms with van der Waals surface area (Å²) < 4.78 is 7.83. The van der Waals surface area contributed by atoms with E-state index in [1.54, 1.807) is 18.3 Å². The summed E-state index contributed by atoms with van der Waals surface area (Å²) in [6, 6.07) is 3.18. The molecular weight excluding hydrogens is 236 g/mol. The Hall–Kier alpha value is -2.70. The molecule has 0 aromatic carbocycles. The van der Waals surface area contributed by atoms with Gasteiger partial charge in [0.25, 0.3) is 0 Å². The highest BCUT2D eigenvalue weighted by atomic mass is 16.3. The molecule has 0 atom stereocenters. The lowest BCUT2D eigenvalue weighted by molar-refractivity contribution is 0.109. The van der Waals surface area contributed by atoms with Crippen molar-refractivity contribution in [1.82, 2.24) is 19.2 Å². The normalized spacial score (nSPS) is 10.9. The number of hydrogen-bond donors (Lipinski definition) is 0. The molecule has 0 saturated heterocycles. The van der Waals surface area contributed by atoms with E-state index < -0.39 is 0 Å². The van der Waals surface area contributed by atoms with Crippen molar-refractivity contribution in [3.63, 3.8) is 0 Å². The lowest BCUT2D eigenvalue weighted by atomic mass is 10.4. The van der Waals surface area contributed by atoms with E-state index in [0.29, 0.717) is 17.7 Å². The maximum atomic E-state index is 11.9. The lowest BCUT2D eigenvalue weighted by Gasteiger charge is -1.94. The number of nitrogens with zero attached hydrogens (tertiary/aromatic N) is 4. The zero-order valence-corrected chi connectivity index (χ0v) is 9.18. The molecule has 0 aliphatic carbocycles. The standard InChI is InChI=1S/C11H8N4O3/c16-7-9-2-1-8(18-9)6-15-11(17)14-4-3-12-5-10(14)13-15/h1-5,7H,6H2. The largest absolute Gasteiger partial charge is 0.456 e. The minimum atomic E-state index is -0.281. The van der Waals surface area contributed by atoms with E-state index in [9.17, 15) is 9.59 Å². The average Bonchev–Trinajstić information content (AvgIpc) is 2.97. The molecule has 0 N–H and O–H groups in total. The maximum absolute atomic E-state index is 11.9. The Morgan fingerprint density at radius 2 is 2.28 bits per heavy atom. The fourth-order valence-corrected chi connectivity index (χ4v) is 1.67. The molecule has 0 aliphatic heterocycles. The third-order valence-corrected chi connectivity index (χ3v) is 2.49. The van der Waals surface area contributed by atoms with Gasteiger partial charge in [-0.3, -0.25) is 9.78 Å². The van der Waals surface area contributed by atoms with Crippen molar-refractivity contribution in [2.75, 3.05) is 0 Å². The Kier molecular flexibility index (Phi) is 2.30. The zero-order chi connectivity index (χ0) is 12.5. The predicted octanol–water partition coefficient (Wildman–Crippen LogP) is 0.345. The van der Waals surface area contributed by atoms with Crippen LogP contribution in [0.3, 0.4) is 0 Å². The van der Waals surface area contributed by atoms with Gasteiger partial charge < -0.3 is 4.42 Å². The molecule has 0 unspecified atom stereocenters. The highest BCUT2D eigenvalue weighted by Crippen LogP contribution is 2.06. The molecule has 3 aromatic heterocycles. The zero-order valence-electron chi connectivity index (χ0n) is 9.18. The van der Waals surface area contributed by atoms with Crippen molar-refractivity contribution in [1.29, 1.82) is 0 Å². The Morgan fingerprint density at radius 3 is 3.00 bits per heavy atom. The Bertz CT molecular complexity index is 768. The highest BCUT2D eigenvalue weighted by Gasteiger charge is 2.09. The maximum Gasteiger partial charge on any atom is 0.350 e. The van der Waals surface area contributed by atoms with Crippen molar-refractivity contribution in [2.45, 2.75) is 6.54 Å². The van der Waals surface area contributed by atoms with Crippen LogP contribution in [0.4, 0.5) is 0 Å². The van der Waals surface area contributed by atoms with Crippen molar-refractivity contribution >= 4 is 11.9 Å². The van der Waals surface area contributed by atoms with Crippen LogP contribution in [-0.2, 0) is 6.54 Å². The first-order valence-corrected chi connectivity index (χ1v) is 5.21. The van der Waals surface area contributed by atoms with E-state index >= 15 is 0 Å². The molecule has 0 saturated carbocycles. The lowest BCUT2D eigenvalue weighted by Crippen LogP contribution is -2.21. The van der Waals surface area contributed by atoms with Crippen LogP contribution in [0.15, 0.2) is 39.9 Å². The Balaban J connectivity index is 2.02. The van der Waals surface area contributed by atoms with Crippen LogP contribution in [-0.4, -0.2) is 25.5 Å². The molecule has 0 radical (unpaired) electrons. The summed E-state index contributed by atoms with van der Waals surface area (Å²) >= 11 is 0. The van der Waals surface area contributed by atoms with Gasteiger partial charge in [0.2, 0.25) is 0 Å². The van der Waals surface area contributed by atoms with Crippen LogP contribution in [0.1, 0.15) is 16.3 Å². The second kappa shape index (κ2) is 3.95. The van der Waals surface area contributed by atoms with Crippen molar-refractivity contribution in [3.8, 4) is 0 Å². The van der Waals surface area contributed by atoms with Crippen molar-refractivity contribution in [2.24, 2.45) is 0 Å². The molecule has 0 aliphatic rings. The van der Waals surface area contributed by atoms with Gasteiger partial charge in [-0.1, -0.05) is 0 Å². The van der Waals surface area contributed by atoms with E-state index in [1.807, 2.05) is 0 Å². The third-order valence-electron chi connectivity index (χ3n) is 2.49. The third kappa shape index (κ3) is 1.61. The summed E-state index contributed by atoms with van der Waals surface area (Å²) in [5.41, 5.74) is 0.182. The first-order valence-electron chi connectivity index (χ1n) is 5.21. The smallest absolute Gasteiger partial charge is 0.350 e.